The van der Waals surface area contributed by atoms with Crippen molar-refractivity contribution in [2.24, 2.45) is 5.92 Å². The van der Waals surface area contributed by atoms with Crippen LogP contribution < -0.4 is 21.3 Å². The third kappa shape index (κ3) is 14.3. The number of benzene rings is 1. The normalized spacial score (nSPS) is 17.9. The molecule has 19 heteroatoms. The molecule has 5 rings (SSSR count). The van der Waals surface area contributed by atoms with Gasteiger partial charge in [0, 0.05) is 76.8 Å². The van der Waals surface area contributed by atoms with Gasteiger partial charge < -0.3 is 40.5 Å². The Morgan fingerprint density at radius 2 is 1.52 bits per heavy atom. The van der Waals surface area contributed by atoms with E-state index in [2.05, 4.69) is 36.2 Å². The first-order valence-electron chi connectivity index (χ1n) is 20.9. The number of amides is 5. The van der Waals surface area contributed by atoms with E-state index in [4.69, 9.17) is 9.47 Å². The minimum absolute atomic E-state index is 0.0297. The fourth-order valence-corrected chi connectivity index (χ4v) is 7.47. The number of hydrogen-bond donors (Lipinski definition) is 4. The molecule has 0 radical (unpaired) electrons. The van der Waals surface area contributed by atoms with Crippen molar-refractivity contribution in [2.75, 3.05) is 71.5 Å². The highest BCUT2D eigenvalue weighted by molar-refractivity contribution is 5.93. The summed E-state index contributed by atoms with van der Waals surface area (Å²) in [5.74, 6) is -0.940. The molecule has 0 saturated carbocycles. The first-order valence-corrected chi connectivity index (χ1v) is 20.9. The molecule has 4 heterocycles. The number of unbranched alkanes of at least 4 members (excludes halogenated alkanes) is 5. The zero-order chi connectivity index (χ0) is 43.6. The lowest BCUT2D eigenvalue weighted by Gasteiger charge is -2.24. The lowest BCUT2D eigenvalue weighted by molar-refractivity contribution is -0.137. The zero-order valence-corrected chi connectivity index (χ0v) is 34.5. The molecule has 2 aromatic heterocycles. The van der Waals surface area contributed by atoms with E-state index in [-0.39, 0.29) is 53.2 Å². The molecule has 4 N–H and O–H groups in total. The maximum atomic E-state index is 13.3. The van der Waals surface area contributed by atoms with Crippen LogP contribution >= 0.6 is 0 Å². The van der Waals surface area contributed by atoms with Gasteiger partial charge in [-0.1, -0.05) is 31.7 Å². The predicted octanol–water partition coefficient (Wildman–Crippen LogP) is 3.78. The van der Waals surface area contributed by atoms with Crippen LogP contribution in [0, 0.1) is 5.92 Å². The van der Waals surface area contributed by atoms with Crippen LogP contribution in [-0.4, -0.2) is 127 Å². The summed E-state index contributed by atoms with van der Waals surface area (Å²) in [5.41, 5.74) is 0.331. The highest BCUT2D eigenvalue weighted by atomic mass is 19.4. The number of ether oxygens (including phenoxy) is 2. The number of nitrogens with zero attached hydrogens (tertiary/aromatic N) is 5. The van der Waals surface area contributed by atoms with Gasteiger partial charge in [-0.15, -0.1) is 0 Å². The monoisotopic (exact) mass is 855 g/mol. The number of aromatic nitrogens is 3. The van der Waals surface area contributed by atoms with Gasteiger partial charge in [-0.3, -0.25) is 29.0 Å². The average Bonchev–Trinajstić information content (AvgIpc) is 3.75. The van der Waals surface area contributed by atoms with E-state index in [0.29, 0.717) is 83.9 Å². The fourth-order valence-electron chi connectivity index (χ4n) is 7.47. The van der Waals surface area contributed by atoms with Gasteiger partial charge >= 0.3 is 6.18 Å². The number of rotatable bonds is 25. The summed E-state index contributed by atoms with van der Waals surface area (Å²) in [6.07, 6.45) is 6.69. The maximum Gasteiger partial charge on any atom is 0.416 e. The van der Waals surface area contributed by atoms with Crippen LogP contribution in [0.2, 0.25) is 0 Å². The molecule has 2 fully saturated rings. The molecule has 332 valence electrons. The third-order valence-electron chi connectivity index (χ3n) is 10.8. The molecule has 2 saturated heterocycles. The number of pyridine rings is 1. The molecular formula is C42H56F3N9O7. The Morgan fingerprint density at radius 1 is 0.852 bits per heavy atom. The van der Waals surface area contributed by atoms with Gasteiger partial charge in [0.15, 0.2) is 0 Å². The Kier molecular flexibility index (Phi) is 18.0. The van der Waals surface area contributed by atoms with Gasteiger partial charge in [0.2, 0.25) is 29.5 Å². The quantitative estimate of drug-likeness (QED) is 0.0906. The largest absolute Gasteiger partial charge is 0.416 e. The summed E-state index contributed by atoms with van der Waals surface area (Å²) in [5, 5.41) is 11.7. The number of carbonyl (C=O) groups is 5. The molecule has 16 nitrogen and oxygen atoms in total. The molecule has 0 unspecified atom stereocenters. The minimum Gasteiger partial charge on any atom is -0.377 e. The van der Waals surface area contributed by atoms with Crippen LogP contribution in [0.25, 0.3) is 10.9 Å². The van der Waals surface area contributed by atoms with E-state index in [9.17, 15) is 37.1 Å². The second-order valence-electron chi connectivity index (χ2n) is 15.1. The van der Waals surface area contributed by atoms with Gasteiger partial charge in [0.1, 0.15) is 18.2 Å². The molecule has 3 atom stereocenters. The summed E-state index contributed by atoms with van der Waals surface area (Å²) in [6.45, 7) is 3.13. The summed E-state index contributed by atoms with van der Waals surface area (Å²) in [4.78, 5) is 78.0. The van der Waals surface area contributed by atoms with Crippen molar-refractivity contribution >= 4 is 46.3 Å². The van der Waals surface area contributed by atoms with Crippen molar-refractivity contribution in [1.82, 2.24) is 40.7 Å². The van der Waals surface area contributed by atoms with Crippen molar-refractivity contribution in [2.45, 2.75) is 82.5 Å². The van der Waals surface area contributed by atoms with Crippen LogP contribution in [0.5, 0.6) is 0 Å². The number of anilines is 1. The summed E-state index contributed by atoms with van der Waals surface area (Å²) in [7, 11) is 1.70. The van der Waals surface area contributed by atoms with Crippen molar-refractivity contribution in [1.29, 1.82) is 0 Å². The number of hydrogen-bond acceptors (Lipinski definition) is 11. The van der Waals surface area contributed by atoms with Gasteiger partial charge in [-0.25, -0.2) is 9.97 Å². The summed E-state index contributed by atoms with van der Waals surface area (Å²) in [6, 6.07) is 5.86. The van der Waals surface area contributed by atoms with Gasteiger partial charge in [-0.2, -0.15) is 13.2 Å². The minimum atomic E-state index is -4.52. The smallest absolute Gasteiger partial charge is 0.377 e. The third-order valence-corrected chi connectivity index (χ3v) is 10.8. The second kappa shape index (κ2) is 23.5. The molecular weight excluding hydrogens is 800 g/mol. The second-order valence-corrected chi connectivity index (χ2v) is 15.1. The van der Waals surface area contributed by atoms with Gasteiger partial charge in [-0.05, 0) is 49.1 Å². The molecule has 1 aromatic carbocycles. The summed E-state index contributed by atoms with van der Waals surface area (Å²) >= 11 is 0. The highest BCUT2D eigenvalue weighted by Crippen LogP contribution is 2.37. The highest BCUT2D eigenvalue weighted by Gasteiger charge is 2.42. The molecule has 0 aliphatic carbocycles. The molecule has 5 amide bonds. The Bertz CT molecular complexity index is 1920. The maximum absolute atomic E-state index is 13.3. The van der Waals surface area contributed by atoms with Crippen LogP contribution in [0.1, 0.15) is 81.4 Å². The molecule has 0 spiro atoms. The molecule has 2 aliphatic heterocycles. The first-order chi connectivity index (χ1) is 29.4. The standard InChI is InChI=1S/C42H56F3N9O7/c1-53-37(57)26-32(38(53)29-9-8-15-46-27-29)40(58)49-18-22-61-24-23-60-21-17-48-36(56)11-7-5-3-2-4-6-10-35(55)47-16-20-54-19-14-34(41(54)59)52-39-31-25-30(42(43,44)45)12-13-33(31)50-28-51-39/h8-9,12-13,15,25,27-28,32,34,38H,2-7,10-11,14,16-24,26H2,1H3,(H,47,55)(H,48,56)(H,49,58)(H,50,51,52)/t32-,34-,38+/m0/s1. The fraction of sp³-hybridized carbons (Fsp3) is 0.571. The van der Waals surface area contributed by atoms with Crippen LogP contribution in [0.4, 0.5) is 19.0 Å². The lowest BCUT2D eigenvalue weighted by Crippen LogP contribution is -2.39. The first kappa shape index (κ1) is 46.6. The van der Waals surface area contributed by atoms with Crippen LogP contribution in [0.15, 0.2) is 49.1 Å². The van der Waals surface area contributed by atoms with Gasteiger partial charge in [0.25, 0.3) is 0 Å². The Morgan fingerprint density at radius 3 is 2.20 bits per heavy atom. The predicted molar refractivity (Wildman–Crippen MR) is 219 cm³/mol. The number of alkyl halides is 3. The van der Waals surface area contributed by atoms with Gasteiger partial charge in [0.05, 0.1) is 49.5 Å². The summed E-state index contributed by atoms with van der Waals surface area (Å²) < 4.78 is 50.9. The van der Waals surface area contributed by atoms with Crippen LogP contribution in [-0.2, 0) is 39.6 Å². The van der Waals surface area contributed by atoms with Crippen LogP contribution in [0.3, 0.4) is 0 Å². The van der Waals surface area contributed by atoms with E-state index < -0.39 is 23.7 Å². The van der Waals surface area contributed by atoms with Crippen molar-refractivity contribution in [3.05, 3.63) is 60.2 Å². The van der Waals surface area contributed by atoms with E-state index in [1.807, 2.05) is 6.07 Å². The SMILES string of the molecule is CN1C(=O)C[C@H](C(=O)NCCOCCOCCNC(=O)CCCCCCCCC(=O)NCCN2CC[C@H](Nc3ncnc4ccc(C(F)(F)F)cc34)C2=O)[C@H]1c1cccnc1. The van der Waals surface area contributed by atoms with Crippen molar-refractivity contribution < 1.29 is 46.6 Å². The van der Waals surface area contributed by atoms with E-state index in [1.54, 1.807) is 35.3 Å². The number of fused-ring (bicyclic) bond motifs is 1. The zero-order valence-electron chi connectivity index (χ0n) is 34.5. The van der Waals surface area contributed by atoms with E-state index in [1.165, 1.54) is 12.4 Å². The number of likely N-dealkylation sites (tertiary alicyclic amines) is 2. The Balaban J connectivity index is 0.800. The molecule has 61 heavy (non-hydrogen) atoms. The van der Waals surface area contributed by atoms with Crippen molar-refractivity contribution in [3.63, 3.8) is 0 Å². The molecule has 2 aliphatic rings. The van der Waals surface area contributed by atoms with E-state index in [0.717, 1.165) is 56.2 Å². The average molecular weight is 856 g/mol. The Labute approximate surface area is 353 Å². The lowest BCUT2D eigenvalue weighted by atomic mass is 9.94. The van der Waals surface area contributed by atoms with E-state index >= 15 is 0 Å². The number of nitrogens with one attached hydrogen (secondary N) is 4. The molecule has 0 bridgehead atoms. The number of carbonyl (C=O) groups excluding carboxylic acids is 5. The molecule has 3 aromatic rings. The Hall–Kier alpha value is -5.43. The topological polar surface area (TPSA) is 197 Å². The number of halogens is 3. The van der Waals surface area contributed by atoms with Crippen molar-refractivity contribution in [3.8, 4) is 0 Å².